The van der Waals surface area contributed by atoms with Crippen molar-refractivity contribution in [2.75, 3.05) is 26.7 Å². The minimum absolute atomic E-state index is 0.00360. The van der Waals surface area contributed by atoms with Gasteiger partial charge in [-0.05, 0) is 37.8 Å². The summed E-state index contributed by atoms with van der Waals surface area (Å²) in [6.07, 6.45) is 1.93. The molecule has 3 heteroatoms. The average Bonchev–Trinajstić information content (AvgIpc) is 2.27. The zero-order chi connectivity index (χ0) is 13.1. The number of rotatable bonds is 4. The normalized spacial score (nSPS) is 29.3. The Kier molecular flexibility index (Phi) is 5.42. The highest BCUT2D eigenvalue weighted by molar-refractivity contribution is 4.85. The van der Waals surface area contributed by atoms with Gasteiger partial charge in [0.2, 0.25) is 0 Å². The van der Waals surface area contributed by atoms with E-state index in [1.807, 2.05) is 7.05 Å². The number of piperidine rings is 1. The number of hydrogen-bond donors (Lipinski definition) is 2. The summed E-state index contributed by atoms with van der Waals surface area (Å²) < 4.78 is 0. The predicted molar refractivity (Wildman–Crippen MR) is 73.1 cm³/mol. The van der Waals surface area contributed by atoms with Crippen LogP contribution in [0.1, 0.15) is 40.5 Å². The predicted octanol–water partition coefficient (Wildman–Crippen LogP) is 1.71. The second kappa shape index (κ2) is 6.17. The van der Waals surface area contributed by atoms with Crippen LogP contribution in [-0.4, -0.2) is 48.8 Å². The monoisotopic (exact) mass is 242 g/mol. The summed E-state index contributed by atoms with van der Waals surface area (Å²) in [7, 11) is 2.04. The average molecular weight is 242 g/mol. The van der Waals surface area contributed by atoms with Crippen LogP contribution < -0.4 is 5.32 Å². The van der Waals surface area contributed by atoms with Gasteiger partial charge in [0.05, 0.1) is 6.10 Å². The van der Waals surface area contributed by atoms with Gasteiger partial charge in [0.25, 0.3) is 0 Å². The van der Waals surface area contributed by atoms with E-state index in [1.165, 1.54) is 6.42 Å². The molecule has 1 saturated heterocycles. The van der Waals surface area contributed by atoms with E-state index in [4.69, 9.17) is 0 Å². The van der Waals surface area contributed by atoms with Crippen molar-refractivity contribution in [3.05, 3.63) is 0 Å². The lowest BCUT2D eigenvalue weighted by molar-refractivity contribution is 0.0232. The van der Waals surface area contributed by atoms with Crippen LogP contribution in [0.5, 0.6) is 0 Å². The van der Waals surface area contributed by atoms with Crippen molar-refractivity contribution in [2.45, 2.75) is 52.7 Å². The van der Waals surface area contributed by atoms with Crippen LogP contribution in [0.2, 0.25) is 0 Å². The highest BCUT2D eigenvalue weighted by Crippen LogP contribution is 2.28. The maximum atomic E-state index is 10.2. The molecule has 0 amide bonds. The first-order chi connectivity index (χ1) is 7.86. The van der Waals surface area contributed by atoms with Gasteiger partial charge in [-0.2, -0.15) is 0 Å². The molecule has 1 aliphatic rings. The summed E-state index contributed by atoms with van der Waals surface area (Å²) >= 11 is 0. The third-order valence-corrected chi connectivity index (χ3v) is 4.02. The highest BCUT2D eigenvalue weighted by Gasteiger charge is 2.30. The molecule has 1 heterocycles. The minimum Gasteiger partial charge on any atom is -0.393 e. The van der Waals surface area contributed by atoms with Crippen molar-refractivity contribution in [3.8, 4) is 0 Å². The van der Waals surface area contributed by atoms with Crippen LogP contribution in [0.4, 0.5) is 0 Å². The molecular weight excluding hydrogens is 212 g/mol. The van der Waals surface area contributed by atoms with Crippen molar-refractivity contribution in [1.29, 1.82) is 0 Å². The van der Waals surface area contributed by atoms with Gasteiger partial charge >= 0.3 is 0 Å². The summed E-state index contributed by atoms with van der Waals surface area (Å²) in [5.74, 6) is 0.621. The van der Waals surface area contributed by atoms with Gasteiger partial charge < -0.3 is 15.3 Å². The Labute approximate surface area is 107 Å². The van der Waals surface area contributed by atoms with E-state index in [0.717, 1.165) is 26.1 Å². The van der Waals surface area contributed by atoms with Crippen LogP contribution in [0, 0.1) is 11.3 Å². The highest BCUT2D eigenvalue weighted by atomic mass is 16.3. The minimum atomic E-state index is -0.193. The van der Waals surface area contributed by atoms with Crippen LogP contribution >= 0.6 is 0 Å². The van der Waals surface area contributed by atoms with Crippen molar-refractivity contribution < 1.29 is 5.11 Å². The Balaban J connectivity index is 2.52. The molecule has 0 bridgehead atoms. The smallest absolute Gasteiger partial charge is 0.0591 e. The molecule has 0 radical (unpaired) electrons. The fourth-order valence-corrected chi connectivity index (χ4v) is 2.61. The fourth-order valence-electron chi connectivity index (χ4n) is 2.61. The zero-order valence-electron chi connectivity index (χ0n) is 12.2. The van der Waals surface area contributed by atoms with Crippen molar-refractivity contribution in [2.24, 2.45) is 11.3 Å². The number of aliphatic hydroxyl groups excluding tert-OH is 1. The van der Waals surface area contributed by atoms with E-state index >= 15 is 0 Å². The van der Waals surface area contributed by atoms with Crippen LogP contribution in [0.15, 0.2) is 0 Å². The molecule has 1 rings (SSSR count). The lowest BCUT2D eigenvalue weighted by Crippen LogP contribution is -2.49. The molecule has 3 nitrogen and oxygen atoms in total. The fraction of sp³-hybridized carbons (Fsp3) is 1.00. The zero-order valence-corrected chi connectivity index (χ0v) is 12.2. The third kappa shape index (κ3) is 4.57. The van der Waals surface area contributed by atoms with Crippen molar-refractivity contribution in [3.63, 3.8) is 0 Å². The number of nitrogens with zero attached hydrogens (tertiary/aromatic N) is 1. The summed E-state index contributed by atoms with van der Waals surface area (Å²) in [5, 5.41) is 13.6. The van der Waals surface area contributed by atoms with Crippen molar-refractivity contribution in [1.82, 2.24) is 10.2 Å². The summed E-state index contributed by atoms with van der Waals surface area (Å²) in [6.45, 7) is 12.0. The summed E-state index contributed by atoms with van der Waals surface area (Å²) in [4.78, 5) is 2.49. The van der Waals surface area contributed by atoms with Gasteiger partial charge in [0, 0.05) is 19.1 Å². The Morgan fingerprint density at radius 3 is 2.47 bits per heavy atom. The molecule has 0 aromatic heterocycles. The molecule has 3 atom stereocenters. The first kappa shape index (κ1) is 14.9. The number of aliphatic hydroxyl groups is 1. The molecular formula is C14H30N2O. The Bertz CT molecular complexity index is 213. The standard InChI is InChI=1S/C14H30N2O/c1-6-16-9-11(7-12(10-16)15-5)8-13(17)14(2,3)4/h11-13,15,17H,6-10H2,1-5H3. The molecule has 1 aliphatic heterocycles. The quantitative estimate of drug-likeness (QED) is 0.788. The second-order valence-corrected chi connectivity index (χ2v) is 6.56. The molecule has 0 aromatic rings. The number of likely N-dealkylation sites (N-methyl/N-ethyl adjacent to an activating group) is 2. The van der Waals surface area contributed by atoms with E-state index in [0.29, 0.717) is 12.0 Å². The Morgan fingerprint density at radius 1 is 1.35 bits per heavy atom. The van der Waals surface area contributed by atoms with Crippen LogP contribution in [-0.2, 0) is 0 Å². The van der Waals surface area contributed by atoms with Crippen LogP contribution in [0.3, 0.4) is 0 Å². The lowest BCUT2D eigenvalue weighted by atomic mass is 9.80. The molecule has 0 aliphatic carbocycles. The first-order valence-electron chi connectivity index (χ1n) is 6.94. The van der Waals surface area contributed by atoms with Crippen LogP contribution in [0.25, 0.3) is 0 Å². The molecule has 2 N–H and O–H groups in total. The van der Waals surface area contributed by atoms with E-state index in [9.17, 15) is 5.11 Å². The van der Waals surface area contributed by atoms with Gasteiger partial charge in [0.1, 0.15) is 0 Å². The topological polar surface area (TPSA) is 35.5 Å². The molecule has 3 unspecified atom stereocenters. The maximum absolute atomic E-state index is 10.2. The maximum Gasteiger partial charge on any atom is 0.0591 e. The molecule has 102 valence electrons. The van der Waals surface area contributed by atoms with E-state index in [-0.39, 0.29) is 11.5 Å². The first-order valence-corrected chi connectivity index (χ1v) is 6.94. The van der Waals surface area contributed by atoms with Gasteiger partial charge in [-0.1, -0.05) is 27.7 Å². The molecule has 0 aromatic carbocycles. The lowest BCUT2D eigenvalue weighted by Gasteiger charge is -2.39. The molecule has 0 spiro atoms. The number of nitrogens with one attached hydrogen (secondary N) is 1. The SMILES string of the molecule is CCN1CC(CC(O)C(C)(C)C)CC(NC)C1. The summed E-state index contributed by atoms with van der Waals surface area (Å²) in [5.41, 5.74) is 0.00360. The molecule has 17 heavy (non-hydrogen) atoms. The third-order valence-electron chi connectivity index (χ3n) is 4.02. The summed E-state index contributed by atoms with van der Waals surface area (Å²) in [6, 6.07) is 0.584. The number of likely N-dealkylation sites (tertiary alicyclic amines) is 1. The van der Waals surface area contributed by atoms with E-state index in [1.54, 1.807) is 0 Å². The Hall–Kier alpha value is -0.120. The van der Waals surface area contributed by atoms with Gasteiger partial charge in [-0.25, -0.2) is 0 Å². The van der Waals surface area contributed by atoms with E-state index < -0.39 is 0 Å². The van der Waals surface area contributed by atoms with E-state index in [2.05, 4.69) is 37.9 Å². The molecule has 0 saturated carbocycles. The molecule has 1 fully saturated rings. The second-order valence-electron chi connectivity index (χ2n) is 6.56. The Morgan fingerprint density at radius 2 is 2.00 bits per heavy atom. The van der Waals surface area contributed by atoms with Gasteiger partial charge in [0.15, 0.2) is 0 Å². The van der Waals surface area contributed by atoms with Gasteiger partial charge in [-0.3, -0.25) is 0 Å². The number of hydrogen-bond acceptors (Lipinski definition) is 3. The van der Waals surface area contributed by atoms with Crippen molar-refractivity contribution >= 4 is 0 Å². The largest absolute Gasteiger partial charge is 0.393 e. The van der Waals surface area contributed by atoms with Gasteiger partial charge in [-0.15, -0.1) is 0 Å².